The van der Waals surface area contributed by atoms with E-state index in [1.54, 1.807) is 22.7 Å². The van der Waals surface area contributed by atoms with Crippen LogP contribution in [-0.4, -0.2) is 13.1 Å². The summed E-state index contributed by atoms with van der Waals surface area (Å²) in [4.78, 5) is 0. The molecule has 8 nitrogen and oxygen atoms in total. The number of benzene rings is 2. The number of hydrogen-bond donors (Lipinski definition) is 2. The van der Waals surface area contributed by atoms with Gasteiger partial charge in [-0.05, 0) is 101 Å². The van der Waals surface area contributed by atoms with Crippen LogP contribution in [0.15, 0.2) is 80.0 Å². The van der Waals surface area contributed by atoms with E-state index in [4.69, 9.17) is 0 Å². The summed E-state index contributed by atoms with van der Waals surface area (Å²) in [5.74, 6) is 0. The van der Waals surface area contributed by atoms with Crippen molar-refractivity contribution >= 4 is 55.7 Å². The van der Waals surface area contributed by atoms with E-state index in [0.717, 1.165) is 63.6 Å². The lowest BCUT2D eigenvalue weighted by atomic mass is 10.1. The molecule has 0 bridgehead atoms. The molecule has 0 aliphatic rings. The van der Waals surface area contributed by atoms with Crippen LogP contribution in [0.5, 0.6) is 0 Å². The van der Waals surface area contributed by atoms with Gasteiger partial charge >= 0.3 is 10.3 Å². The summed E-state index contributed by atoms with van der Waals surface area (Å²) in [6, 6.07) is 12.2. The van der Waals surface area contributed by atoms with Gasteiger partial charge in [0.25, 0.3) is 0 Å². The van der Waals surface area contributed by atoms with Crippen molar-refractivity contribution in [2.75, 3.05) is 23.7 Å². The number of nitrogens with zero attached hydrogens (tertiary/aromatic N) is 6. The van der Waals surface area contributed by atoms with Crippen LogP contribution in [0, 0.1) is 13.8 Å². The second kappa shape index (κ2) is 14.7. The minimum absolute atomic E-state index is 0. The van der Waals surface area contributed by atoms with Crippen molar-refractivity contribution in [2.45, 2.75) is 20.3 Å². The fourth-order valence-electron chi connectivity index (χ4n) is 3.40. The molecule has 2 heterocycles. The van der Waals surface area contributed by atoms with Gasteiger partial charge in [-0.1, -0.05) is 0 Å². The maximum absolute atomic E-state index is 4.36. The van der Waals surface area contributed by atoms with Crippen LogP contribution >= 0.6 is 22.7 Å². The number of hydrogen-bond acceptors (Lipinski definition) is 8. The Balaban J connectivity index is 0.00000241. The first-order valence-corrected chi connectivity index (χ1v) is 13.1. The number of nitrogens with one attached hydrogen (secondary N) is 2. The number of thiazole rings is 2. The summed E-state index contributed by atoms with van der Waals surface area (Å²) in [6.07, 6.45) is 4.94. The molecule has 0 amide bonds. The van der Waals surface area contributed by atoms with Crippen LogP contribution in [-0.2, 0) is 14.1 Å². The Labute approximate surface area is 238 Å². The summed E-state index contributed by atoms with van der Waals surface area (Å²) in [7, 11) is 3.93. The van der Waals surface area contributed by atoms with E-state index in [1.165, 1.54) is 0 Å². The average Bonchev–Trinajstić information content (AvgIpc) is 3.45. The van der Waals surface area contributed by atoms with E-state index in [1.807, 2.05) is 58.5 Å². The smallest absolute Gasteiger partial charge is 0.408 e. The lowest BCUT2D eigenvalue weighted by Crippen LogP contribution is -3.00. The standard InChI is InChI=1S/C25H28N8S2.2ClH/c1-18-16-20(28-30-24-32(3)12-14-34-24)6-8-22(18)26-10-5-11-27-23-9-7-21(17-19(23)2)29-31-25-33(4)13-15-35-25;;/h6-9,12-17H,5,10-11H2,1-4H3;2*1H. The Bertz CT molecular complexity index is 1250. The molecular weight excluding hydrogens is 547 g/mol. The molecule has 0 radical (unpaired) electrons. The molecule has 0 saturated heterocycles. The van der Waals surface area contributed by atoms with Crippen LogP contribution in [0.3, 0.4) is 0 Å². The van der Waals surface area contributed by atoms with Gasteiger partial charge in [-0.3, -0.25) is 0 Å². The third-order valence-corrected chi connectivity index (χ3v) is 7.10. The monoisotopic (exact) mass is 576 g/mol. The highest BCUT2D eigenvalue weighted by Gasteiger charge is 2.09. The van der Waals surface area contributed by atoms with Gasteiger partial charge in [-0.2, -0.15) is 0 Å². The molecule has 2 N–H and O–H groups in total. The SMILES string of the molecule is Cc1cc(/N=N/c2scc[n+]2C)ccc1NCCCNc1ccc(/N=N/c2scc[n+]2C)cc1C.[Cl-].[Cl-]. The zero-order chi connectivity index (χ0) is 24.6. The van der Waals surface area contributed by atoms with E-state index in [2.05, 4.69) is 69.2 Å². The van der Waals surface area contributed by atoms with E-state index < -0.39 is 0 Å². The highest BCUT2D eigenvalue weighted by molar-refractivity contribution is 7.13. The van der Waals surface area contributed by atoms with Crippen LogP contribution in [0.4, 0.5) is 33.0 Å². The number of halogens is 2. The molecule has 4 aromatic rings. The van der Waals surface area contributed by atoms with Gasteiger partial charge in [0.05, 0.1) is 24.3 Å². The Morgan fingerprint density at radius 3 is 1.46 bits per heavy atom. The third kappa shape index (κ3) is 8.57. The van der Waals surface area contributed by atoms with Gasteiger partial charge in [0, 0.05) is 35.2 Å². The predicted octanol–water partition coefficient (Wildman–Crippen LogP) is 0.828. The fourth-order valence-corrected chi connectivity index (χ4v) is 4.76. The molecule has 196 valence electrons. The fraction of sp³-hybridized carbons (Fsp3) is 0.280. The quantitative estimate of drug-likeness (QED) is 0.166. The molecule has 37 heavy (non-hydrogen) atoms. The molecule has 12 heteroatoms. The number of azo groups is 2. The molecule has 0 unspecified atom stereocenters. The molecule has 0 saturated carbocycles. The molecular formula is C25H30Cl2N8S2. The minimum Gasteiger partial charge on any atom is -1.00 e. The molecule has 2 aromatic carbocycles. The number of aromatic nitrogens is 2. The Hall–Kier alpha value is -2.92. The number of aryl methyl sites for hydroxylation is 4. The number of rotatable bonds is 10. The Morgan fingerprint density at radius 2 is 1.11 bits per heavy atom. The first kappa shape index (κ1) is 30.3. The minimum atomic E-state index is 0. The molecule has 0 aliphatic heterocycles. The van der Waals surface area contributed by atoms with Crippen molar-refractivity contribution in [1.82, 2.24) is 0 Å². The zero-order valence-corrected chi connectivity index (χ0v) is 24.3. The first-order valence-electron chi connectivity index (χ1n) is 11.4. The van der Waals surface area contributed by atoms with Crippen LogP contribution in [0.25, 0.3) is 0 Å². The molecule has 2 aromatic heterocycles. The third-order valence-electron chi connectivity index (χ3n) is 5.43. The van der Waals surface area contributed by atoms with E-state index in [9.17, 15) is 0 Å². The van der Waals surface area contributed by atoms with Crippen molar-refractivity contribution in [3.05, 3.63) is 70.7 Å². The molecule has 4 rings (SSSR count). The van der Waals surface area contributed by atoms with E-state index in [0.29, 0.717) is 0 Å². The Morgan fingerprint density at radius 1 is 0.676 bits per heavy atom. The van der Waals surface area contributed by atoms with E-state index in [-0.39, 0.29) is 24.8 Å². The molecule has 0 fully saturated rings. The predicted molar refractivity (Wildman–Crippen MR) is 143 cm³/mol. The van der Waals surface area contributed by atoms with Crippen LogP contribution < -0.4 is 44.6 Å². The lowest BCUT2D eigenvalue weighted by molar-refractivity contribution is -0.654. The summed E-state index contributed by atoms with van der Waals surface area (Å²) >= 11 is 3.14. The van der Waals surface area contributed by atoms with Crippen molar-refractivity contribution in [3.63, 3.8) is 0 Å². The van der Waals surface area contributed by atoms with Crippen molar-refractivity contribution in [3.8, 4) is 0 Å². The van der Waals surface area contributed by atoms with Gasteiger partial charge < -0.3 is 35.4 Å². The second-order valence-electron chi connectivity index (χ2n) is 8.20. The van der Waals surface area contributed by atoms with Crippen LogP contribution in [0.1, 0.15) is 17.5 Å². The highest BCUT2D eigenvalue weighted by Crippen LogP contribution is 2.25. The van der Waals surface area contributed by atoms with Gasteiger partial charge in [-0.25, -0.2) is 9.13 Å². The van der Waals surface area contributed by atoms with Gasteiger partial charge in [0.2, 0.25) is 0 Å². The van der Waals surface area contributed by atoms with Gasteiger partial charge in [0.15, 0.2) is 0 Å². The lowest BCUT2D eigenvalue weighted by Gasteiger charge is -2.12. The van der Waals surface area contributed by atoms with Crippen molar-refractivity contribution in [2.24, 2.45) is 34.6 Å². The summed E-state index contributed by atoms with van der Waals surface area (Å²) in [5, 5.41) is 30.2. The summed E-state index contributed by atoms with van der Waals surface area (Å²) < 4.78 is 3.91. The summed E-state index contributed by atoms with van der Waals surface area (Å²) in [5.41, 5.74) is 6.26. The maximum Gasteiger partial charge on any atom is 0.408 e. The normalized spacial score (nSPS) is 10.9. The van der Waals surface area contributed by atoms with Gasteiger partial charge in [0.1, 0.15) is 23.8 Å². The zero-order valence-electron chi connectivity index (χ0n) is 21.2. The molecule has 0 aliphatic carbocycles. The largest absolute Gasteiger partial charge is 1.00 e. The van der Waals surface area contributed by atoms with Gasteiger partial charge in [-0.15, -0.1) is 0 Å². The number of anilines is 2. The average molecular weight is 578 g/mol. The molecule has 0 spiro atoms. The first-order chi connectivity index (χ1) is 17.0. The summed E-state index contributed by atoms with van der Waals surface area (Å²) in [6.45, 7) is 5.93. The van der Waals surface area contributed by atoms with Crippen LogP contribution in [0.2, 0.25) is 0 Å². The van der Waals surface area contributed by atoms with Crippen molar-refractivity contribution in [1.29, 1.82) is 0 Å². The van der Waals surface area contributed by atoms with Crippen molar-refractivity contribution < 1.29 is 33.9 Å². The second-order valence-corrected chi connectivity index (χ2v) is 9.94. The maximum atomic E-state index is 4.36. The van der Waals surface area contributed by atoms with E-state index >= 15 is 0 Å². The topological polar surface area (TPSA) is 81.3 Å². The Kier molecular flexibility index (Phi) is 12.1. The highest BCUT2D eigenvalue weighted by atomic mass is 35.5. The molecule has 0 atom stereocenters.